The van der Waals surface area contributed by atoms with Crippen molar-refractivity contribution in [2.24, 2.45) is 29.6 Å². The molecule has 4 aliphatic rings. The number of amides is 2. The van der Waals surface area contributed by atoms with Crippen molar-refractivity contribution in [3.63, 3.8) is 0 Å². The summed E-state index contributed by atoms with van der Waals surface area (Å²) < 4.78 is 0. The predicted molar refractivity (Wildman–Crippen MR) is 126 cm³/mol. The number of carbonyl (C=O) groups excluding carboxylic acids is 2. The second-order valence-corrected chi connectivity index (χ2v) is 12.5. The van der Waals surface area contributed by atoms with E-state index in [1.54, 1.807) is 23.1 Å². The monoisotopic (exact) mass is 480 g/mol. The molecule has 1 saturated heterocycles. The van der Waals surface area contributed by atoms with E-state index in [4.69, 9.17) is 0 Å². The van der Waals surface area contributed by atoms with Gasteiger partial charge in [0.25, 0.3) is 0 Å². The van der Waals surface area contributed by atoms with Crippen LogP contribution in [0, 0.1) is 36.5 Å². The van der Waals surface area contributed by atoms with Crippen molar-refractivity contribution in [2.75, 3.05) is 4.90 Å². The van der Waals surface area contributed by atoms with Crippen LogP contribution < -0.4 is 9.77 Å². The molecule has 2 aromatic heterocycles. The summed E-state index contributed by atoms with van der Waals surface area (Å²) in [6, 6.07) is 11.9. The lowest BCUT2D eigenvalue weighted by atomic mass is 9.69. The normalized spacial score (nSPS) is 34.7. The smallest absolute Gasteiger partial charge is 0.305 e. The number of thiazole rings is 1. The molecular formula is C24H20N2O3S3. The van der Waals surface area contributed by atoms with Gasteiger partial charge in [0, 0.05) is 20.9 Å². The molecule has 1 aromatic carbocycles. The van der Waals surface area contributed by atoms with Gasteiger partial charge in [-0.1, -0.05) is 35.1 Å². The number of nitrogens with zero attached hydrogens (tertiary/aromatic N) is 1. The van der Waals surface area contributed by atoms with Gasteiger partial charge in [-0.15, -0.1) is 23.1 Å². The molecule has 3 fully saturated rings. The van der Waals surface area contributed by atoms with Crippen molar-refractivity contribution in [3.8, 4) is 0 Å². The topological polar surface area (TPSA) is 70.2 Å². The van der Waals surface area contributed by atoms with Crippen LogP contribution >= 0.6 is 34.4 Å². The second-order valence-electron chi connectivity index (χ2n) is 9.32. The van der Waals surface area contributed by atoms with Gasteiger partial charge in [0.15, 0.2) is 0 Å². The maximum absolute atomic E-state index is 13.6. The van der Waals surface area contributed by atoms with Crippen LogP contribution in [0.3, 0.4) is 0 Å². The van der Waals surface area contributed by atoms with Crippen LogP contribution in [0.4, 0.5) is 5.69 Å². The SMILES string of the molecule is Cc1ccc(N2C(=O)[C@@H]3[C@H]4C[C@@H]([C@@H]3C2=O)[C@H]2[C@@H](c3cccs3)c3sc(=O)[nH]c3S[C@H]42)cc1. The summed E-state index contributed by atoms with van der Waals surface area (Å²) >= 11 is 4.77. The number of imide groups is 1. The van der Waals surface area contributed by atoms with Gasteiger partial charge >= 0.3 is 4.87 Å². The van der Waals surface area contributed by atoms with E-state index in [0.29, 0.717) is 5.69 Å². The summed E-state index contributed by atoms with van der Waals surface area (Å²) in [5.41, 5.74) is 1.79. The number of hydrogen-bond donors (Lipinski definition) is 1. The average molecular weight is 481 g/mol. The van der Waals surface area contributed by atoms with E-state index in [1.165, 1.54) is 21.1 Å². The Labute approximate surface area is 196 Å². The van der Waals surface area contributed by atoms with Crippen LogP contribution in [0.15, 0.2) is 51.6 Å². The Morgan fingerprint density at radius 2 is 1.75 bits per heavy atom. The van der Waals surface area contributed by atoms with E-state index in [-0.39, 0.29) is 57.4 Å². The molecule has 4 heterocycles. The first kappa shape index (κ1) is 19.3. The summed E-state index contributed by atoms with van der Waals surface area (Å²) in [4.78, 5) is 46.3. The highest BCUT2D eigenvalue weighted by Crippen LogP contribution is 2.68. The first-order chi connectivity index (χ1) is 15.5. The van der Waals surface area contributed by atoms with Gasteiger partial charge in [-0.2, -0.15) is 0 Å². The Kier molecular flexibility index (Phi) is 4.03. The zero-order valence-electron chi connectivity index (χ0n) is 17.2. The van der Waals surface area contributed by atoms with Crippen LogP contribution in [-0.4, -0.2) is 22.0 Å². The fourth-order valence-corrected chi connectivity index (χ4v) is 10.6. The summed E-state index contributed by atoms with van der Waals surface area (Å²) in [6.07, 6.45) is 0.929. The highest BCUT2D eigenvalue weighted by molar-refractivity contribution is 8.00. The van der Waals surface area contributed by atoms with Crippen molar-refractivity contribution < 1.29 is 9.59 Å². The number of carbonyl (C=O) groups is 2. The molecule has 2 aliphatic heterocycles. The Morgan fingerprint density at radius 1 is 1.00 bits per heavy atom. The summed E-state index contributed by atoms with van der Waals surface area (Å²) in [5, 5.41) is 3.30. The molecule has 2 amide bonds. The molecule has 32 heavy (non-hydrogen) atoms. The summed E-state index contributed by atoms with van der Waals surface area (Å²) in [5.74, 6) is 0.211. The largest absolute Gasteiger partial charge is 0.307 e. The number of H-pyrrole nitrogens is 1. The number of rotatable bonds is 2. The minimum atomic E-state index is -0.240. The number of thioether (sulfide) groups is 1. The van der Waals surface area contributed by atoms with E-state index >= 15 is 0 Å². The minimum absolute atomic E-state index is 0.0192. The number of benzene rings is 1. The number of thiophene rings is 1. The number of aromatic nitrogens is 1. The molecule has 162 valence electrons. The van der Waals surface area contributed by atoms with Crippen LogP contribution in [0.2, 0.25) is 0 Å². The van der Waals surface area contributed by atoms with Crippen molar-refractivity contribution >= 4 is 51.9 Å². The molecule has 1 N–H and O–H groups in total. The molecule has 2 bridgehead atoms. The van der Waals surface area contributed by atoms with Crippen LogP contribution in [0.5, 0.6) is 0 Å². The first-order valence-corrected chi connectivity index (χ1v) is 13.5. The molecular weight excluding hydrogens is 460 g/mol. The Hall–Kier alpha value is -2.16. The van der Waals surface area contributed by atoms with Gasteiger partial charge in [-0.25, -0.2) is 0 Å². The summed E-state index contributed by atoms with van der Waals surface area (Å²) in [6.45, 7) is 2.00. The third-order valence-electron chi connectivity index (χ3n) is 7.87. The fourth-order valence-electron chi connectivity index (χ4n) is 6.75. The average Bonchev–Trinajstić information content (AvgIpc) is 3.57. The number of fused-ring (bicyclic) bond motifs is 9. The van der Waals surface area contributed by atoms with Crippen molar-refractivity contribution in [1.29, 1.82) is 0 Å². The van der Waals surface area contributed by atoms with Crippen molar-refractivity contribution in [1.82, 2.24) is 4.98 Å². The fraction of sp³-hybridized carbons (Fsp3) is 0.375. The van der Waals surface area contributed by atoms with E-state index in [2.05, 4.69) is 22.5 Å². The molecule has 0 spiro atoms. The zero-order valence-corrected chi connectivity index (χ0v) is 19.6. The number of anilines is 1. The predicted octanol–water partition coefficient (Wildman–Crippen LogP) is 4.48. The lowest BCUT2D eigenvalue weighted by Crippen LogP contribution is -2.42. The molecule has 0 unspecified atom stereocenters. The van der Waals surface area contributed by atoms with Gasteiger partial charge in [0.2, 0.25) is 11.8 Å². The van der Waals surface area contributed by atoms with E-state index in [9.17, 15) is 14.4 Å². The van der Waals surface area contributed by atoms with E-state index in [0.717, 1.165) is 21.9 Å². The van der Waals surface area contributed by atoms with Gasteiger partial charge in [0.1, 0.15) is 0 Å². The molecule has 3 aromatic rings. The van der Waals surface area contributed by atoms with Crippen molar-refractivity contribution in [3.05, 3.63) is 66.8 Å². The lowest BCUT2D eigenvalue weighted by molar-refractivity contribution is -0.123. The maximum Gasteiger partial charge on any atom is 0.305 e. The maximum atomic E-state index is 13.6. The number of aromatic amines is 1. The molecule has 7 atom stereocenters. The molecule has 2 saturated carbocycles. The van der Waals surface area contributed by atoms with Gasteiger partial charge in [0.05, 0.1) is 22.5 Å². The first-order valence-electron chi connectivity index (χ1n) is 10.9. The second kappa shape index (κ2) is 6.68. The Balaban J connectivity index is 1.32. The molecule has 2 aliphatic carbocycles. The van der Waals surface area contributed by atoms with Crippen LogP contribution in [0.1, 0.15) is 27.7 Å². The lowest BCUT2D eigenvalue weighted by Gasteiger charge is -2.42. The summed E-state index contributed by atoms with van der Waals surface area (Å²) in [7, 11) is 0. The number of aryl methyl sites for hydroxylation is 1. The third-order valence-corrected chi connectivity index (χ3v) is 11.4. The molecule has 8 heteroatoms. The zero-order chi connectivity index (χ0) is 21.7. The highest BCUT2D eigenvalue weighted by Gasteiger charge is 2.69. The Morgan fingerprint density at radius 3 is 2.47 bits per heavy atom. The van der Waals surface area contributed by atoms with Gasteiger partial charge in [-0.3, -0.25) is 19.3 Å². The number of hydrogen-bond acceptors (Lipinski definition) is 6. The third kappa shape index (κ3) is 2.43. The Bertz CT molecular complexity index is 1310. The highest BCUT2D eigenvalue weighted by atomic mass is 32.2. The molecule has 0 radical (unpaired) electrons. The number of nitrogens with one attached hydrogen (secondary N) is 1. The van der Waals surface area contributed by atoms with Gasteiger partial charge < -0.3 is 4.98 Å². The molecule has 5 nitrogen and oxygen atoms in total. The van der Waals surface area contributed by atoms with E-state index in [1.807, 2.05) is 31.2 Å². The van der Waals surface area contributed by atoms with E-state index < -0.39 is 0 Å². The molecule has 7 rings (SSSR count). The quantitative estimate of drug-likeness (QED) is 0.549. The van der Waals surface area contributed by atoms with Gasteiger partial charge in [-0.05, 0) is 54.7 Å². The van der Waals surface area contributed by atoms with Crippen molar-refractivity contribution in [2.45, 2.75) is 29.5 Å². The van der Waals surface area contributed by atoms with Crippen LogP contribution in [0.25, 0.3) is 0 Å². The standard InChI is InChI=1S/C24H20N2O3S3/c1-10-4-6-11(7-5-10)26-22(27)16-12-9-13(17(16)23(26)28)19-15(12)18(14-3-2-8-30-14)20-21(31-19)25-24(29)32-20/h2-8,12-13,15-19H,9H2,1H3,(H,25,29)/t12-,13-,15+,16+,17-,18-,19-/m1/s1. The minimum Gasteiger partial charge on any atom is -0.307 e. The van der Waals surface area contributed by atoms with Crippen LogP contribution in [-0.2, 0) is 9.59 Å².